The number of benzene rings is 2. The van der Waals surface area contributed by atoms with E-state index in [-0.39, 0.29) is 23.4 Å². The number of amides is 2. The number of hydrogen-bond acceptors (Lipinski definition) is 6. The minimum Gasteiger partial charge on any atom is -0.330 e. The zero-order valence-corrected chi connectivity index (χ0v) is 18.0. The number of imidazole rings is 1. The van der Waals surface area contributed by atoms with E-state index in [2.05, 4.69) is 30.8 Å². The van der Waals surface area contributed by atoms with Crippen LogP contribution < -0.4 is 10.6 Å². The van der Waals surface area contributed by atoms with E-state index in [1.807, 2.05) is 0 Å². The molecule has 1 aliphatic rings. The summed E-state index contributed by atoms with van der Waals surface area (Å²) in [6.07, 6.45) is 6.33. The Bertz CT molecular complexity index is 1420. The molecule has 0 saturated heterocycles. The lowest BCUT2D eigenvalue weighted by molar-refractivity contribution is -0.115. The van der Waals surface area contributed by atoms with E-state index >= 15 is 0 Å². The van der Waals surface area contributed by atoms with Crippen LogP contribution in [0.25, 0.3) is 0 Å². The Morgan fingerprint density at radius 2 is 1.88 bits per heavy atom. The first-order valence-electron chi connectivity index (χ1n) is 10.4. The summed E-state index contributed by atoms with van der Waals surface area (Å²) in [5.74, 6) is -0.556. The van der Waals surface area contributed by atoms with Gasteiger partial charge in [0.05, 0.1) is 6.20 Å². The zero-order chi connectivity index (χ0) is 23.7. The predicted octanol–water partition coefficient (Wildman–Crippen LogP) is 3.06. The summed E-state index contributed by atoms with van der Waals surface area (Å²) in [5, 5.41) is 12.1. The SMILES string of the molecule is Cn1ccnc1C(=O)Nc1ccc(C(=O)c2ccc3c(c2)C(C=Nc2ccn[nH]2)C(=O)N3)cc1. The number of carbonyl (C=O) groups is 3. The molecule has 0 fully saturated rings. The number of aliphatic imine (C=N–C) groups is 1. The molecule has 0 spiro atoms. The lowest BCUT2D eigenvalue weighted by Gasteiger charge is -2.08. The molecule has 34 heavy (non-hydrogen) atoms. The lowest BCUT2D eigenvalue weighted by Crippen LogP contribution is -2.16. The molecule has 0 radical (unpaired) electrons. The Labute approximate surface area is 193 Å². The van der Waals surface area contributed by atoms with Crippen molar-refractivity contribution in [3.8, 4) is 0 Å². The number of nitrogens with zero attached hydrogens (tertiary/aromatic N) is 4. The fraction of sp³-hybridized carbons (Fsp3) is 0.0833. The van der Waals surface area contributed by atoms with Crippen LogP contribution in [0.1, 0.15) is 38.0 Å². The Morgan fingerprint density at radius 1 is 1.09 bits per heavy atom. The van der Waals surface area contributed by atoms with Gasteiger partial charge in [-0.2, -0.15) is 5.10 Å². The minimum absolute atomic E-state index is 0.201. The van der Waals surface area contributed by atoms with Crippen LogP contribution in [-0.4, -0.2) is 43.6 Å². The second-order valence-corrected chi connectivity index (χ2v) is 7.71. The quantitative estimate of drug-likeness (QED) is 0.305. The molecular formula is C24H19N7O3. The van der Waals surface area contributed by atoms with E-state index < -0.39 is 5.92 Å². The molecule has 1 unspecified atom stereocenters. The standard InChI is InChI=1S/C24H19N7O3/c1-31-11-10-25-22(31)24(34)28-16-5-2-14(3-6-16)21(32)15-4-7-19-17(12-15)18(23(33)29-19)13-26-20-8-9-27-30-20/h2-13,18H,1H3,(H,27,30)(H,28,34)(H,29,33). The highest BCUT2D eigenvalue weighted by Crippen LogP contribution is 2.33. The molecular weight excluding hydrogens is 434 g/mol. The van der Waals surface area contributed by atoms with Crippen molar-refractivity contribution in [3.63, 3.8) is 0 Å². The highest BCUT2D eigenvalue weighted by molar-refractivity contribution is 6.15. The molecule has 0 bridgehead atoms. The molecule has 10 heteroatoms. The van der Waals surface area contributed by atoms with Crippen LogP contribution in [0.4, 0.5) is 17.2 Å². The van der Waals surface area contributed by atoms with Gasteiger partial charge in [0, 0.05) is 54.2 Å². The van der Waals surface area contributed by atoms with E-state index in [1.54, 1.807) is 78.7 Å². The van der Waals surface area contributed by atoms with Gasteiger partial charge in [0.15, 0.2) is 11.6 Å². The third-order valence-electron chi connectivity index (χ3n) is 5.47. The molecule has 2 amide bonds. The third-order valence-corrected chi connectivity index (χ3v) is 5.47. The Kier molecular flexibility index (Phi) is 5.30. The molecule has 4 aromatic rings. The summed E-state index contributed by atoms with van der Waals surface area (Å²) < 4.78 is 1.62. The summed E-state index contributed by atoms with van der Waals surface area (Å²) in [6, 6.07) is 13.4. The summed E-state index contributed by atoms with van der Waals surface area (Å²) in [4.78, 5) is 46.1. The zero-order valence-electron chi connectivity index (χ0n) is 18.0. The number of nitrogens with one attached hydrogen (secondary N) is 3. The van der Waals surface area contributed by atoms with Crippen LogP contribution in [0.3, 0.4) is 0 Å². The van der Waals surface area contributed by atoms with Crippen molar-refractivity contribution in [2.45, 2.75) is 5.92 Å². The smallest absolute Gasteiger partial charge is 0.291 e. The van der Waals surface area contributed by atoms with Gasteiger partial charge in [-0.15, -0.1) is 0 Å². The number of H-pyrrole nitrogens is 1. The van der Waals surface area contributed by atoms with Crippen LogP contribution >= 0.6 is 0 Å². The summed E-state index contributed by atoms with van der Waals surface area (Å²) >= 11 is 0. The average molecular weight is 453 g/mol. The lowest BCUT2D eigenvalue weighted by atomic mass is 9.96. The Hall–Kier alpha value is -4.86. The van der Waals surface area contributed by atoms with Crippen LogP contribution in [0, 0.1) is 0 Å². The van der Waals surface area contributed by atoms with Crippen LogP contribution in [0.15, 0.2) is 72.1 Å². The van der Waals surface area contributed by atoms with Gasteiger partial charge in [-0.05, 0) is 48.0 Å². The minimum atomic E-state index is -0.616. The highest BCUT2D eigenvalue weighted by atomic mass is 16.2. The van der Waals surface area contributed by atoms with E-state index in [9.17, 15) is 14.4 Å². The number of carbonyl (C=O) groups excluding carboxylic acids is 3. The first-order valence-corrected chi connectivity index (χ1v) is 10.4. The molecule has 168 valence electrons. The maximum absolute atomic E-state index is 13.1. The molecule has 3 heterocycles. The fourth-order valence-electron chi connectivity index (χ4n) is 3.69. The topological polar surface area (TPSA) is 134 Å². The molecule has 1 aliphatic heterocycles. The maximum Gasteiger partial charge on any atom is 0.291 e. The number of aromatic nitrogens is 4. The van der Waals surface area contributed by atoms with Gasteiger partial charge in [-0.3, -0.25) is 19.5 Å². The third kappa shape index (κ3) is 3.99. The number of fused-ring (bicyclic) bond motifs is 1. The van der Waals surface area contributed by atoms with Gasteiger partial charge in [-0.1, -0.05) is 0 Å². The molecule has 3 N–H and O–H groups in total. The van der Waals surface area contributed by atoms with Crippen molar-refractivity contribution in [2.75, 3.05) is 10.6 Å². The molecule has 2 aromatic heterocycles. The largest absolute Gasteiger partial charge is 0.330 e. The summed E-state index contributed by atoms with van der Waals surface area (Å²) in [6.45, 7) is 0. The summed E-state index contributed by atoms with van der Waals surface area (Å²) in [7, 11) is 1.73. The number of aromatic amines is 1. The van der Waals surface area contributed by atoms with Crippen LogP contribution in [-0.2, 0) is 11.8 Å². The Morgan fingerprint density at radius 3 is 2.59 bits per heavy atom. The first kappa shape index (κ1) is 21.0. The predicted molar refractivity (Wildman–Crippen MR) is 126 cm³/mol. The summed E-state index contributed by atoms with van der Waals surface area (Å²) in [5.41, 5.74) is 2.77. The molecule has 10 nitrogen and oxygen atoms in total. The molecule has 5 rings (SSSR count). The van der Waals surface area contributed by atoms with Gasteiger partial charge in [0.25, 0.3) is 5.91 Å². The van der Waals surface area contributed by atoms with Crippen LogP contribution in [0.5, 0.6) is 0 Å². The van der Waals surface area contributed by atoms with Crippen molar-refractivity contribution in [2.24, 2.45) is 12.0 Å². The maximum atomic E-state index is 13.1. The van der Waals surface area contributed by atoms with Crippen molar-refractivity contribution >= 4 is 41.0 Å². The van der Waals surface area contributed by atoms with Crippen molar-refractivity contribution in [1.29, 1.82) is 0 Å². The molecule has 1 atom stereocenters. The normalized spacial score (nSPS) is 14.7. The molecule has 0 saturated carbocycles. The van der Waals surface area contributed by atoms with Crippen molar-refractivity contribution in [1.82, 2.24) is 19.7 Å². The average Bonchev–Trinajstić information content (AvgIpc) is 3.57. The number of aryl methyl sites for hydroxylation is 1. The molecule has 0 aliphatic carbocycles. The van der Waals surface area contributed by atoms with Crippen molar-refractivity contribution < 1.29 is 14.4 Å². The van der Waals surface area contributed by atoms with E-state index in [4.69, 9.17) is 0 Å². The highest BCUT2D eigenvalue weighted by Gasteiger charge is 2.30. The van der Waals surface area contributed by atoms with E-state index in [0.29, 0.717) is 33.9 Å². The number of hydrogen-bond donors (Lipinski definition) is 3. The van der Waals surface area contributed by atoms with Gasteiger partial charge >= 0.3 is 0 Å². The van der Waals surface area contributed by atoms with E-state index in [0.717, 1.165) is 0 Å². The molecule has 2 aromatic carbocycles. The second-order valence-electron chi connectivity index (χ2n) is 7.71. The number of rotatable bonds is 6. The van der Waals surface area contributed by atoms with E-state index in [1.165, 1.54) is 6.21 Å². The second kappa shape index (κ2) is 8.58. The Balaban J connectivity index is 1.34. The van der Waals surface area contributed by atoms with Gasteiger partial charge < -0.3 is 15.2 Å². The van der Waals surface area contributed by atoms with Gasteiger partial charge in [0.2, 0.25) is 5.91 Å². The fourth-order valence-corrected chi connectivity index (χ4v) is 3.69. The number of anilines is 2. The first-order chi connectivity index (χ1) is 16.5. The monoisotopic (exact) mass is 453 g/mol. The van der Waals surface area contributed by atoms with Crippen LogP contribution in [0.2, 0.25) is 0 Å². The van der Waals surface area contributed by atoms with Gasteiger partial charge in [0.1, 0.15) is 11.7 Å². The number of ketones is 1. The van der Waals surface area contributed by atoms with Crippen molar-refractivity contribution in [3.05, 3.63) is 89.6 Å². The van der Waals surface area contributed by atoms with Gasteiger partial charge in [-0.25, -0.2) is 9.98 Å².